The summed E-state index contributed by atoms with van der Waals surface area (Å²) in [5.74, 6) is 0. The highest BCUT2D eigenvalue weighted by atomic mass is 31.2. The molecular weight excluding hydrogens is 235 g/mol. The van der Waals surface area contributed by atoms with Gasteiger partial charge in [0, 0.05) is 0 Å². The van der Waals surface area contributed by atoms with Gasteiger partial charge < -0.3 is 9.05 Å². The topological polar surface area (TPSA) is 35.5 Å². The smallest absolute Gasteiger partial charge is 0.306 e. The molecule has 0 aromatic rings. The molecule has 0 amide bonds. The van der Waals surface area contributed by atoms with E-state index in [1.54, 1.807) is 0 Å². The molecule has 0 heterocycles. The van der Waals surface area contributed by atoms with Crippen molar-refractivity contribution in [3.05, 3.63) is 23.0 Å². The minimum atomic E-state index is -3.13. The molecule has 0 bridgehead atoms. The summed E-state index contributed by atoms with van der Waals surface area (Å²) >= 11 is 0. The van der Waals surface area contributed by atoms with Crippen molar-refractivity contribution in [2.45, 2.75) is 47.5 Å². The van der Waals surface area contributed by atoms with Crippen LogP contribution in [-0.2, 0) is 13.6 Å². The second kappa shape index (κ2) is 8.68. The van der Waals surface area contributed by atoms with Gasteiger partial charge in [-0.3, -0.25) is 4.57 Å². The Morgan fingerprint density at radius 2 is 1.65 bits per heavy atom. The van der Waals surface area contributed by atoms with Crippen LogP contribution in [0.5, 0.6) is 0 Å². The summed E-state index contributed by atoms with van der Waals surface area (Å²) in [6.07, 6.45) is 5.74. The zero-order valence-corrected chi connectivity index (χ0v) is 12.5. The molecule has 0 saturated heterocycles. The van der Waals surface area contributed by atoms with E-state index in [0.717, 1.165) is 18.4 Å². The fourth-order valence-electron chi connectivity index (χ4n) is 1.36. The number of hydrogen-bond acceptors (Lipinski definition) is 3. The van der Waals surface area contributed by atoms with Crippen LogP contribution in [0.3, 0.4) is 0 Å². The van der Waals surface area contributed by atoms with Gasteiger partial charge in [-0.15, -0.1) is 0 Å². The quantitative estimate of drug-likeness (QED) is 0.460. The van der Waals surface area contributed by atoms with Crippen molar-refractivity contribution in [1.82, 2.24) is 0 Å². The van der Waals surface area contributed by atoms with Crippen molar-refractivity contribution in [2.24, 2.45) is 0 Å². The Morgan fingerprint density at radius 3 is 2.00 bits per heavy atom. The predicted molar refractivity (Wildman–Crippen MR) is 73.3 cm³/mol. The number of allylic oxidation sites excluding steroid dienone is 4. The van der Waals surface area contributed by atoms with Crippen LogP contribution in [0.4, 0.5) is 0 Å². The Morgan fingerprint density at radius 1 is 1.12 bits per heavy atom. The minimum Gasteiger partial charge on any atom is -0.306 e. The van der Waals surface area contributed by atoms with Crippen LogP contribution in [0.2, 0.25) is 0 Å². The molecule has 0 aliphatic carbocycles. The van der Waals surface area contributed by atoms with E-state index < -0.39 is 7.60 Å². The predicted octanol–water partition coefficient (Wildman–Crippen LogP) is 4.90. The molecule has 0 aliphatic heterocycles. The van der Waals surface area contributed by atoms with Crippen molar-refractivity contribution < 1.29 is 13.6 Å². The van der Waals surface area contributed by atoms with Gasteiger partial charge in [-0.1, -0.05) is 25.0 Å². The van der Waals surface area contributed by atoms with Crippen molar-refractivity contribution in [1.29, 1.82) is 0 Å². The molecule has 0 radical (unpaired) electrons. The van der Waals surface area contributed by atoms with Gasteiger partial charge in [0.1, 0.15) is 0 Å². The third-order valence-corrected chi connectivity index (χ3v) is 4.13. The zero-order valence-electron chi connectivity index (χ0n) is 11.7. The molecule has 0 fully saturated rings. The summed E-state index contributed by atoms with van der Waals surface area (Å²) in [4.78, 5) is 0. The van der Waals surface area contributed by atoms with Gasteiger partial charge in [-0.25, -0.2) is 0 Å². The highest BCUT2D eigenvalue weighted by Gasteiger charge is 2.27. The molecular formula is C13H25O3P. The van der Waals surface area contributed by atoms with E-state index in [-0.39, 0.29) is 0 Å². The maximum absolute atomic E-state index is 12.6. The Labute approximate surface area is 105 Å². The molecule has 0 N–H and O–H groups in total. The van der Waals surface area contributed by atoms with Crippen molar-refractivity contribution >= 4 is 7.60 Å². The third kappa shape index (κ3) is 6.21. The van der Waals surface area contributed by atoms with E-state index in [4.69, 9.17) is 9.05 Å². The maximum atomic E-state index is 12.6. The first kappa shape index (κ1) is 16.6. The van der Waals surface area contributed by atoms with Gasteiger partial charge in [0.2, 0.25) is 0 Å². The summed E-state index contributed by atoms with van der Waals surface area (Å²) in [6.45, 7) is 10.5. The number of unbranched alkanes of at least 4 members (excludes halogenated alkanes) is 1. The molecule has 0 aromatic carbocycles. The van der Waals surface area contributed by atoms with Crippen LogP contribution in [0, 0.1) is 0 Å². The van der Waals surface area contributed by atoms with Gasteiger partial charge in [0.25, 0.3) is 0 Å². The Bertz CT molecular complexity index is 305. The zero-order chi connectivity index (χ0) is 13.3. The fourth-order valence-corrected chi connectivity index (χ4v) is 3.19. The Balaban J connectivity index is 5.21. The summed E-state index contributed by atoms with van der Waals surface area (Å²) in [5.41, 5.74) is 1.09. The first-order valence-corrected chi connectivity index (χ1v) is 7.79. The minimum absolute atomic E-state index is 0.386. The Kier molecular flexibility index (Phi) is 8.49. The van der Waals surface area contributed by atoms with E-state index in [0.29, 0.717) is 18.5 Å². The largest absolute Gasteiger partial charge is 0.360 e. The average Bonchev–Trinajstić information content (AvgIpc) is 2.24. The first-order valence-electron chi connectivity index (χ1n) is 6.24. The van der Waals surface area contributed by atoms with Gasteiger partial charge in [-0.2, -0.15) is 0 Å². The standard InChI is InChI=1S/C13H25O3P/c1-6-9-10-13(11-12(4)5)17(14,15-7-2)16-8-3/h10-11H,6-9H2,1-5H3/b13-10-. The van der Waals surface area contributed by atoms with Crippen LogP contribution >= 0.6 is 7.60 Å². The summed E-state index contributed by atoms with van der Waals surface area (Å²) in [5, 5.41) is 0.683. The molecule has 0 aromatic heterocycles. The van der Waals surface area contributed by atoms with E-state index in [1.807, 2.05) is 39.8 Å². The molecule has 17 heavy (non-hydrogen) atoms. The molecule has 0 aliphatic rings. The van der Waals surface area contributed by atoms with Crippen LogP contribution in [-0.4, -0.2) is 13.2 Å². The highest BCUT2D eigenvalue weighted by Crippen LogP contribution is 2.56. The van der Waals surface area contributed by atoms with Crippen molar-refractivity contribution in [3.63, 3.8) is 0 Å². The first-order chi connectivity index (χ1) is 8.00. The number of rotatable bonds is 8. The molecule has 100 valence electrons. The molecule has 0 unspecified atom stereocenters. The van der Waals surface area contributed by atoms with Gasteiger partial charge in [0.05, 0.1) is 18.5 Å². The number of hydrogen-bond donors (Lipinski definition) is 0. The summed E-state index contributed by atoms with van der Waals surface area (Å²) in [7, 11) is -3.13. The molecule has 0 spiro atoms. The summed E-state index contributed by atoms with van der Waals surface area (Å²) < 4.78 is 23.3. The lowest BCUT2D eigenvalue weighted by atomic mass is 10.2. The third-order valence-electron chi connectivity index (χ3n) is 1.99. The highest BCUT2D eigenvalue weighted by molar-refractivity contribution is 7.58. The fraction of sp³-hybridized carbons (Fsp3) is 0.692. The second-order valence-electron chi connectivity index (χ2n) is 3.97. The van der Waals surface area contributed by atoms with E-state index in [1.165, 1.54) is 0 Å². The summed E-state index contributed by atoms with van der Waals surface area (Å²) in [6, 6.07) is 0. The SMILES string of the molecule is CCC/C=C(/C=C(C)C)P(=O)(OCC)OCC. The molecule has 3 nitrogen and oxygen atoms in total. The average molecular weight is 260 g/mol. The van der Waals surface area contributed by atoms with E-state index >= 15 is 0 Å². The van der Waals surface area contributed by atoms with Crippen LogP contribution < -0.4 is 0 Å². The molecule has 0 atom stereocenters. The van der Waals surface area contributed by atoms with Gasteiger partial charge in [0.15, 0.2) is 0 Å². The van der Waals surface area contributed by atoms with Crippen LogP contribution in [0.25, 0.3) is 0 Å². The molecule has 4 heteroatoms. The van der Waals surface area contributed by atoms with Gasteiger partial charge >= 0.3 is 7.60 Å². The second-order valence-corrected chi connectivity index (χ2v) is 6.00. The normalized spacial score (nSPS) is 12.6. The molecule has 0 rings (SSSR count). The van der Waals surface area contributed by atoms with E-state index in [2.05, 4.69) is 6.92 Å². The lowest BCUT2D eigenvalue weighted by Crippen LogP contribution is -1.98. The van der Waals surface area contributed by atoms with E-state index in [9.17, 15) is 4.57 Å². The van der Waals surface area contributed by atoms with Crippen LogP contribution in [0.15, 0.2) is 23.0 Å². The molecule has 0 saturated carbocycles. The lowest BCUT2D eigenvalue weighted by molar-refractivity contribution is 0.227. The van der Waals surface area contributed by atoms with Gasteiger partial charge in [-0.05, 0) is 40.2 Å². The van der Waals surface area contributed by atoms with Crippen molar-refractivity contribution in [2.75, 3.05) is 13.2 Å². The van der Waals surface area contributed by atoms with Crippen LogP contribution in [0.1, 0.15) is 47.5 Å². The van der Waals surface area contributed by atoms with Crippen molar-refractivity contribution in [3.8, 4) is 0 Å². The Hall–Kier alpha value is -0.370. The monoisotopic (exact) mass is 260 g/mol. The maximum Gasteiger partial charge on any atom is 0.360 e. The lowest BCUT2D eigenvalue weighted by Gasteiger charge is -2.18.